The van der Waals surface area contributed by atoms with Crippen LogP contribution in [-0.4, -0.2) is 42.0 Å². The average Bonchev–Trinajstić information content (AvgIpc) is 3.43. The van der Waals surface area contributed by atoms with Crippen LogP contribution in [0.4, 0.5) is 5.82 Å². The summed E-state index contributed by atoms with van der Waals surface area (Å²) in [4.78, 5) is 25.6. The number of hydrogen-bond donors (Lipinski definition) is 1. The van der Waals surface area contributed by atoms with Gasteiger partial charge in [-0.05, 0) is 50.5 Å². The monoisotopic (exact) mass is 469 g/mol. The van der Waals surface area contributed by atoms with Gasteiger partial charge < -0.3 is 24.1 Å². The highest BCUT2D eigenvalue weighted by atomic mass is 32.2. The molecule has 2 heterocycles. The molecule has 4 rings (SSSR count). The van der Waals surface area contributed by atoms with E-state index in [1.807, 2.05) is 32.0 Å². The second kappa shape index (κ2) is 10.2. The summed E-state index contributed by atoms with van der Waals surface area (Å²) in [6, 6.07) is 7.97. The Hall–Kier alpha value is -3.12. The van der Waals surface area contributed by atoms with Crippen molar-refractivity contribution in [3.05, 3.63) is 35.0 Å². The maximum Gasteiger partial charge on any atom is 0.316 e. The summed E-state index contributed by atoms with van der Waals surface area (Å²) in [6.07, 6.45) is 4.31. The second-order valence-electron chi connectivity index (χ2n) is 8.16. The Bertz CT molecular complexity index is 1100. The van der Waals surface area contributed by atoms with Gasteiger partial charge in [-0.1, -0.05) is 12.8 Å². The molecule has 0 unspecified atom stereocenters. The lowest BCUT2D eigenvalue weighted by molar-refractivity contribution is -0.144. The van der Waals surface area contributed by atoms with Crippen LogP contribution in [0.3, 0.4) is 0 Å². The highest BCUT2D eigenvalue weighted by Crippen LogP contribution is 2.38. The van der Waals surface area contributed by atoms with E-state index in [1.54, 1.807) is 0 Å². The third-order valence-corrected chi connectivity index (χ3v) is 7.02. The Morgan fingerprint density at radius 1 is 1.21 bits per heavy atom. The van der Waals surface area contributed by atoms with Gasteiger partial charge in [-0.25, -0.2) is 0 Å². The summed E-state index contributed by atoms with van der Waals surface area (Å²) < 4.78 is 18.3. The number of benzene rings is 1. The van der Waals surface area contributed by atoms with E-state index in [9.17, 15) is 14.9 Å². The van der Waals surface area contributed by atoms with Crippen molar-refractivity contribution in [2.45, 2.75) is 50.5 Å². The molecule has 1 aromatic heterocycles. The third kappa shape index (κ3) is 5.11. The zero-order valence-corrected chi connectivity index (χ0v) is 19.6. The first-order valence-corrected chi connectivity index (χ1v) is 12.1. The molecule has 0 saturated heterocycles. The Labute approximate surface area is 197 Å². The lowest BCUT2D eigenvalue weighted by atomic mass is 10.2. The molecule has 9 heteroatoms. The molecule has 0 spiro atoms. The van der Waals surface area contributed by atoms with Crippen LogP contribution in [0, 0.1) is 25.2 Å². The van der Waals surface area contributed by atoms with Gasteiger partial charge in [0.15, 0.2) is 18.1 Å². The molecule has 1 aromatic carbocycles. The Morgan fingerprint density at radius 2 is 1.94 bits per heavy atom. The quantitative estimate of drug-likeness (QED) is 0.480. The maximum atomic E-state index is 12.6. The summed E-state index contributed by atoms with van der Waals surface area (Å²) in [5.74, 6) is 0.959. The topological polar surface area (TPSA) is 103 Å². The van der Waals surface area contributed by atoms with Crippen molar-refractivity contribution >= 4 is 29.5 Å². The molecule has 1 N–H and O–H groups in total. The minimum Gasteiger partial charge on any atom is -0.486 e. The number of anilines is 1. The Kier molecular flexibility index (Phi) is 7.14. The molecule has 1 aliphatic heterocycles. The zero-order chi connectivity index (χ0) is 23.4. The van der Waals surface area contributed by atoms with Crippen molar-refractivity contribution in [2.24, 2.45) is 0 Å². The summed E-state index contributed by atoms with van der Waals surface area (Å²) in [5, 5.41) is 12.5. The first-order chi connectivity index (χ1) is 16.0. The molecule has 1 amide bonds. The van der Waals surface area contributed by atoms with Gasteiger partial charge in [0.05, 0.1) is 11.3 Å². The van der Waals surface area contributed by atoms with E-state index in [-0.39, 0.29) is 11.8 Å². The number of hydrogen-bond acceptors (Lipinski definition) is 7. The zero-order valence-electron chi connectivity index (χ0n) is 18.8. The molecule has 0 bridgehead atoms. The standard InChI is InChI=1S/C24H27N3O5S/c1-15-16(2)27(17-5-3-4-6-17)24(19(15)12-25)26-22(28)13-32-23(29)14-33-18-7-8-20-21(11-18)31-10-9-30-20/h7-8,11,17H,3-6,9-10,13-14H2,1-2H3,(H,26,28). The minimum atomic E-state index is -0.496. The number of thioether (sulfide) groups is 1. The fourth-order valence-electron chi connectivity index (χ4n) is 4.32. The van der Waals surface area contributed by atoms with Gasteiger partial charge in [0.25, 0.3) is 5.91 Å². The van der Waals surface area contributed by atoms with Crippen LogP contribution in [0.2, 0.25) is 0 Å². The number of fused-ring (bicyclic) bond motifs is 1. The number of aromatic nitrogens is 1. The number of carbonyl (C=O) groups is 2. The summed E-state index contributed by atoms with van der Waals surface area (Å²) in [7, 11) is 0. The lowest BCUT2D eigenvalue weighted by Crippen LogP contribution is -2.24. The number of amides is 1. The van der Waals surface area contributed by atoms with Gasteiger partial charge in [-0.3, -0.25) is 9.59 Å². The number of nitrogens with one attached hydrogen (secondary N) is 1. The summed E-state index contributed by atoms with van der Waals surface area (Å²) in [5.41, 5.74) is 2.32. The van der Waals surface area contributed by atoms with Crippen LogP contribution in [0.25, 0.3) is 0 Å². The molecular weight excluding hydrogens is 442 g/mol. The maximum absolute atomic E-state index is 12.6. The first-order valence-electron chi connectivity index (χ1n) is 11.1. The molecule has 2 aromatic rings. The predicted octanol–water partition coefficient (Wildman–Crippen LogP) is 4.14. The number of rotatable bonds is 7. The normalized spacial score (nSPS) is 15.2. The molecule has 1 aliphatic carbocycles. The number of carbonyl (C=O) groups excluding carboxylic acids is 2. The van der Waals surface area contributed by atoms with Gasteiger partial charge in [-0.15, -0.1) is 11.8 Å². The minimum absolute atomic E-state index is 0.0625. The molecule has 0 radical (unpaired) electrons. The lowest BCUT2D eigenvalue weighted by Gasteiger charge is -2.19. The third-order valence-electron chi connectivity index (χ3n) is 6.05. The molecule has 2 aliphatic rings. The first kappa shape index (κ1) is 23.1. The van der Waals surface area contributed by atoms with Crippen LogP contribution >= 0.6 is 11.8 Å². The van der Waals surface area contributed by atoms with Crippen molar-refractivity contribution in [1.82, 2.24) is 4.57 Å². The van der Waals surface area contributed by atoms with Gasteiger partial charge in [0, 0.05) is 16.6 Å². The highest BCUT2D eigenvalue weighted by Gasteiger charge is 2.27. The van der Waals surface area contributed by atoms with Gasteiger partial charge in [0.1, 0.15) is 25.1 Å². The molecule has 8 nitrogen and oxygen atoms in total. The van der Waals surface area contributed by atoms with Crippen molar-refractivity contribution in [2.75, 3.05) is 30.9 Å². The molecular formula is C24H27N3O5S. The predicted molar refractivity (Wildman–Crippen MR) is 124 cm³/mol. The van der Waals surface area contributed by atoms with Crippen LogP contribution in [0.15, 0.2) is 23.1 Å². The molecule has 174 valence electrons. The van der Waals surface area contributed by atoms with Crippen molar-refractivity contribution in [1.29, 1.82) is 5.26 Å². The van der Waals surface area contributed by atoms with Crippen molar-refractivity contribution in [3.8, 4) is 17.6 Å². The van der Waals surface area contributed by atoms with E-state index in [2.05, 4.69) is 16.0 Å². The average molecular weight is 470 g/mol. The molecule has 1 saturated carbocycles. The highest BCUT2D eigenvalue weighted by molar-refractivity contribution is 8.00. The SMILES string of the molecule is Cc1c(C#N)c(NC(=O)COC(=O)CSc2ccc3c(c2)OCCO3)n(C2CCCC2)c1C. The molecule has 33 heavy (non-hydrogen) atoms. The van der Waals surface area contributed by atoms with Gasteiger partial charge >= 0.3 is 5.97 Å². The fraction of sp³-hybridized carbons (Fsp3) is 0.458. The van der Waals surface area contributed by atoms with Gasteiger partial charge in [-0.2, -0.15) is 5.26 Å². The van der Waals surface area contributed by atoms with Crippen LogP contribution in [0.1, 0.15) is 48.5 Å². The fourth-order valence-corrected chi connectivity index (χ4v) is 5.04. The van der Waals surface area contributed by atoms with E-state index in [0.717, 1.165) is 41.8 Å². The van der Waals surface area contributed by atoms with Crippen LogP contribution < -0.4 is 14.8 Å². The van der Waals surface area contributed by atoms with E-state index < -0.39 is 18.5 Å². The van der Waals surface area contributed by atoms with E-state index >= 15 is 0 Å². The molecule has 0 atom stereocenters. The second-order valence-corrected chi connectivity index (χ2v) is 9.21. The largest absolute Gasteiger partial charge is 0.486 e. The van der Waals surface area contributed by atoms with E-state index in [1.165, 1.54) is 11.8 Å². The summed E-state index contributed by atoms with van der Waals surface area (Å²) >= 11 is 1.30. The van der Waals surface area contributed by atoms with Crippen LogP contribution in [0.5, 0.6) is 11.5 Å². The van der Waals surface area contributed by atoms with E-state index in [4.69, 9.17) is 14.2 Å². The number of esters is 1. The van der Waals surface area contributed by atoms with Gasteiger partial charge in [0.2, 0.25) is 0 Å². The smallest absolute Gasteiger partial charge is 0.316 e. The number of ether oxygens (including phenoxy) is 3. The number of nitrogens with zero attached hydrogens (tertiary/aromatic N) is 2. The summed E-state index contributed by atoms with van der Waals surface area (Å²) in [6.45, 7) is 4.48. The van der Waals surface area contributed by atoms with Crippen molar-refractivity contribution < 1.29 is 23.8 Å². The van der Waals surface area contributed by atoms with E-state index in [0.29, 0.717) is 36.1 Å². The van der Waals surface area contributed by atoms with Crippen LogP contribution in [-0.2, 0) is 14.3 Å². The number of nitriles is 1. The Balaban J connectivity index is 1.33. The Morgan fingerprint density at radius 3 is 2.67 bits per heavy atom. The molecule has 1 fully saturated rings. The van der Waals surface area contributed by atoms with Crippen molar-refractivity contribution in [3.63, 3.8) is 0 Å².